The van der Waals surface area contributed by atoms with E-state index in [-0.39, 0.29) is 0 Å². The van der Waals surface area contributed by atoms with Gasteiger partial charge in [0.15, 0.2) is 0 Å². The van der Waals surface area contributed by atoms with Crippen LogP contribution in [0.25, 0.3) is 10.9 Å². The predicted molar refractivity (Wildman–Crippen MR) is 65.0 cm³/mol. The van der Waals surface area contributed by atoms with Crippen LogP contribution in [0.2, 0.25) is 11.1 Å². The summed E-state index contributed by atoms with van der Waals surface area (Å²) in [5.41, 5.74) is 2.61. The van der Waals surface area contributed by atoms with Gasteiger partial charge >= 0.3 is 96.0 Å². The number of methoxy groups -OCH3 is 1. The number of rotatable bonds is 4. The molecule has 0 bridgehead atoms. The molecule has 80 valence electrons. The van der Waals surface area contributed by atoms with Crippen LogP contribution >= 0.6 is 0 Å². The summed E-state index contributed by atoms with van der Waals surface area (Å²) in [5, 5.41) is 2.61. The number of hydrogen-bond donors (Lipinski definition) is 1. The molecule has 2 aromatic rings. The number of hydrogen-bond acceptors (Lipinski definition) is 1. The van der Waals surface area contributed by atoms with Gasteiger partial charge in [0.25, 0.3) is 0 Å². The molecule has 0 amide bonds. The van der Waals surface area contributed by atoms with Crippen molar-refractivity contribution in [3.8, 4) is 5.75 Å². The van der Waals surface area contributed by atoms with Gasteiger partial charge in [-0.15, -0.1) is 0 Å². The van der Waals surface area contributed by atoms with E-state index < -0.39 is 0 Å². The molecule has 0 radical (unpaired) electrons. The fraction of sp³-hybridized carbons (Fsp3) is 0.333. The topological polar surface area (TPSA) is 25.0 Å². The maximum atomic E-state index is 5.24. The van der Waals surface area contributed by atoms with Crippen molar-refractivity contribution in [1.29, 1.82) is 0 Å². The van der Waals surface area contributed by atoms with Crippen LogP contribution in [0.3, 0.4) is 0 Å². The van der Waals surface area contributed by atoms with Crippen LogP contribution < -0.4 is 4.74 Å². The van der Waals surface area contributed by atoms with Crippen molar-refractivity contribution in [2.75, 3.05) is 7.11 Å². The summed E-state index contributed by atoms with van der Waals surface area (Å²) in [7, 11) is 1.71. The van der Waals surface area contributed by atoms with Crippen LogP contribution in [0, 0.1) is 0 Å². The summed E-state index contributed by atoms with van der Waals surface area (Å²) >= 11 is 0.752. The van der Waals surface area contributed by atoms with Crippen LogP contribution in [0.5, 0.6) is 5.75 Å². The molecule has 0 atom stereocenters. The fourth-order valence-electron chi connectivity index (χ4n) is 1.70. The first-order chi connectivity index (χ1) is 7.35. The maximum absolute atomic E-state index is 5.24. The van der Waals surface area contributed by atoms with E-state index in [1.54, 1.807) is 7.11 Å². The zero-order chi connectivity index (χ0) is 10.7. The number of H-pyrrole nitrogens is 1. The summed E-state index contributed by atoms with van der Waals surface area (Å²) in [5.74, 6) is 3.22. The first-order valence-electron chi connectivity index (χ1n) is 4.98. The number of aromatic amines is 1. The monoisotopic (exact) mass is 269 g/mol. The third-order valence-corrected chi connectivity index (χ3v) is 3.83. The van der Waals surface area contributed by atoms with Crippen LogP contribution in [0.15, 0.2) is 24.4 Å². The van der Waals surface area contributed by atoms with Crippen LogP contribution in [0.1, 0.15) is 5.56 Å². The molecule has 0 aliphatic carbocycles. The molecule has 0 fully saturated rings. The first kappa shape index (κ1) is 10.6. The van der Waals surface area contributed by atoms with E-state index in [2.05, 4.69) is 29.1 Å². The molecule has 1 N–H and O–H groups in total. The third kappa shape index (κ3) is 2.19. The van der Waals surface area contributed by atoms with Gasteiger partial charge in [0.2, 0.25) is 0 Å². The molecule has 2 rings (SSSR count). The Morgan fingerprint density at radius 3 is 3.00 bits per heavy atom. The summed E-state index contributed by atoms with van der Waals surface area (Å²) in [6.45, 7) is 0. The number of ether oxygens (including phenoxy) is 1. The Morgan fingerprint density at radius 1 is 1.40 bits per heavy atom. The third-order valence-electron chi connectivity index (χ3n) is 2.55. The molecular formula is C12H15NOSe. The van der Waals surface area contributed by atoms with Crippen molar-refractivity contribution in [3.05, 3.63) is 30.0 Å². The Labute approximate surface area is 96.2 Å². The van der Waals surface area contributed by atoms with Gasteiger partial charge in [0.1, 0.15) is 0 Å². The first-order valence-corrected chi connectivity index (χ1v) is 7.90. The van der Waals surface area contributed by atoms with Gasteiger partial charge < -0.3 is 0 Å². The van der Waals surface area contributed by atoms with E-state index in [4.69, 9.17) is 4.74 Å². The Balaban J connectivity index is 2.38. The number of aromatic nitrogens is 1. The second-order valence-corrected chi connectivity index (χ2v) is 5.54. The van der Waals surface area contributed by atoms with E-state index >= 15 is 0 Å². The second-order valence-electron chi connectivity index (χ2n) is 3.47. The van der Waals surface area contributed by atoms with E-state index in [9.17, 15) is 0 Å². The minimum absolute atomic E-state index is 0.752. The molecule has 1 aromatic carbocycles. The van der Waals surface area contributed by atoms with Crippen molar-refractivity contribution < 1.29 is 4.74 Å². The number of aryl methyl sites for hydroxylation is 1. The summed E-state index contributed by atoms with van der Waals surface area (Å²) in [6.07, 6.45) is 3.29. The molecule has 3 heteroatoms. The number of fused-ring (bicyclic) bond motifs is 1. The quantitative estimate of drug-likeness (QED) is 0.847. The number of nitrogens with one attached hydrogen (secondary N) is 1. The van der Waals surface area contributed by atoms with Gasteiger partial charge in [-0.1, -0.05) is 0 Å². The average molecular weight is 268 g/mol. The molecule has 1 aromatic heterocycles. The van der Waals surface area contributed by atoms with Crippen molar-refractivity contribution in [2.45, 2.75) is 17.6 Å². The normalized spacial score (nSPS) is 10.8. The Bertz CT molecular complexity index is 450. The SMILES string of the molecule is COc1ccc2[nH]cc(CC[Se]C)c2c1. The molecule has 0 spiro atoms. The number of benzene rings is 1. The zero-order valence-corrected chi connectivity index (χ0v) is 10.8. The van der Waals surface area contributed by atoms with Gasteiger partial charge in [0.05, 0.1) is 0 Å². The fourth-order valence-corrected chi connectivity index (χ4v) is 2.59. The standard InChI is InChI=1S/C12H15NOSe/c1-14-10-3-4-12-11(7-10)9(8-13-12)5-6-15-2/h3-4,7-8,13H,5-6H2,1-2H3. The molecule has 15 heavy (non-hydrogen) atoms. The molecule has 0 aliphatic rings. The Kier molecular flexibility index (Phi) is 3.34. The van der Waals surface area contributed by atoms with Gasteiger partial charge in [0, 0.05) is 0 Å². The van der Waals surface area contributed by atoms with Gasteiger partial charge in [-0.2, -0.15) is 0 Å². The molecule has 0 saturated heterocycles. The van der Waals surface area contributed by atoms with E-state index in [1.165, 1.54) is 28.2 Å². The zero-order valence-electron chi connectivity index (χ0n) is 9.04. The second kappa shape index (κ2) is 4.73. The van der Waals surface area contributed by atoms with Gasteiger partial charge in [-0.25, -0.2) is 0 Å². The molecule has 1 heterocycles. The van der Waals surface area contributed by atoms with Crippen molar-refractivity contribution >= 4 is 25.9 Å². The van der Waals surface area contributed by atoms with Crippen molar-refractivity contribution in [3.63, 3.8) is 0 Å². The average Bonchev–Trinajstić information content (AvgIpc) is 2.68. The molecule has 2 nitrogen and oxygen atoms in total. The molecule has 0 saturated carbocycles. The van der Waals surface area contributed by atoms with E-state index in [0.717, 1.165) is 20.7 Å². The van der Waals surface area contributed by atoms with E-state index in [1.807, 2.05) is 6.07 Å². The van der Waals surface area contributed by atoms with Crippen LogP contribution in [-0.4, -0.2) is 27.1 Å². The van der Waals surface area contributed by atoms with Crippen molar-refractivity contribution in [1.82, 2.24) is 4.98 Å². The Morgan fingerprint density at radius 2 is 2.27 bits per heavy atom. The van der Waals surface area contributed by atoms with E-state index in [0.29, 0.717) is 0 Å². The van der Waals surface area contributed by atoms with Crippen LogP contribution in [0.4, 0.5) is 0 Å². The summed E-state index contributed by atoms with van der Waals surface area (Å²) in [6, 6.07) is 6.19. The van der Waals surface area contributed by atoms with Crippen molar-refractivity contribution in [2.24, 2.45) is 0 Å². The summed E-state index contributed by atoms with van der Waals surface area (Å²) < 4.78 is 5.24. The summed E-state index contributed by atoms with van der Waals surface area (Å²) in [4.78, 5) is 3.30. The van der Waals surface area contributed by atoms with Gasteiger partial charge in [-0.3, -0.25) is 0 Å². The van der Waals surface area contributed by atoms with Crippen LogP contribution in [-0.2, 0) is 6.42 Å². The minimum atomic E-state index is 0.752. The Hall–Kier alpha value is -0.921. The molecule has 0 aliphatic heterocycles. The van der Waals surface area contributed by atoms with Gasteiger partial charge in [-0.05, 0) is 0 Å². The molecular weight excluding hydrogens is 253 g/mol. The molecule has 0 unspecified atom stereocenters. The predicted octanol–water partition coefficient (Wildman–Crippen LogP) is 2.89.